The lowest BCUT2D eigenvalue weighted by atomic mass is 9.80. The van der Waals surface area contributed by atoms with Gasteiger partial charge in [0.2, 0.25) is 0 Å². The smallest absolute Gasteiger partial charge is 0.191 e. The van der Waals surface area contributed by atoms with Crippen molar-refractivity contribution in [3.63, 3.8) is 0 Å². The molecule has 1 aliphatic rings. The molecule has 0 amide bonds. The molecular weight excluding hydrogens is 268 g/mol. The van der Waals surface area contributed by atoms with Crippen molar-refractivity contribution in [2.75, 3.05) is 13.1 Å². The van der Waals surface area contributed by atoms with Crippen molar-refractivity contribution in [1.82, 2.24) is 15.8 Å². The lowest BCUT2D eigenvalue weighted by molar-refractivity contribution is -0.0279. The first-order chi connectivity index (χ1) is 10.0. The average Bonchev–Trinajstić information content (AvgIpc) is 2.89. The average molecular weight is 294 g/mol. The zero-order valence-electron chi connectivity index (χ0n) is 13.1. The molecule has 0 aromatic carbocycles. The van der Waals surface area contributed by atoms with Crippen LogP contribution in [0.3, 0.4) is 0 Å². The van der Waals surface area contributed by atoms with Crippen molar-refractivity contribution < 1.29 is 9.63 Å². The molecule has 1 aliphatic carbocycles. The largest absolute Gasteiger partial charge is 0.388 e. The van der Waals surface area contributed by atoms with Gasteiger partial charge in [-0.05, 0) is 32.1 Å². The molecule has 118 valence electrons. The van der Waals surface area contributed by atoms with Crippen molar-refractivity contribution in [3.05, 3.63) is 17.5 Å². The summed E-state index contributed by atoms with van der Waals surface area (Å²) in [6, 6.07) is 1.94. The summed E-state index contributed by atoms with van der Waals surface area (Å²) in [6.07, 6.45) is 2.82. The molecule has 1 fully saturated rings. The minimum absolute atomic E-state index is 0.353. The number of nitrogens with one attached hydrogen (secondary N) is 2. The summed E-state index contributed by atoms with van der Waals surface area (Å²) in [5.74, 6) is 1.80. The van der Waals surface area contributed by atoms with Crippen molar-refractivity contribution in [1.29, 1.82) is 0 Å². The van der Waals surface area contributed by atoms with E-state index in [4.69, 9.17) is 4.52 Å². The first-order valence-corrected chi connectivity index (χ1v) is 7.72. The van der Waals surface area contributed by atoms with Crippen LogP contribution >= 0.6 is 0 Å². The van der Waals surface area contributed by atoms with Crippen LogP contribution in [0, 0.1) is 0 Å². The second-order valence-corrected chi connectivity index (χ2v) is 6.00. The van der Waals surface area contributed by atoms with Gasteiger partial charge in [-0.2, -0.15) is 0 Å². The lowest BCUT2D eigenvalue weighted by Crippen LogP contribution is -2.50. The Hall–Kier alpha value is -1.56. The van der Waals surface area contributed by atoms with Crippen LogP contribution < -0.4 is 10.6 Å². The molecule has 0 spiro atoms. The van der Waals surface area contributed by atoms with E-state index in [2.05, 4.69) is 34.6 Å². The zero-order valence-corrected chi connectivity index (χ0v) is 13.1. The van der Waals surface area contributed by atoms with Crippen LogP contribution in [-0.4, -0.2) is 34.9 Å². The molecule has 2 rings (SSSR count). The van der Waals surface area contributed by atoms with Crippen LogP contribution in [-0.2, 0) is 6.54 Å². The Labute approximate surface area is 126 Å². The number of aliphatic hydroxyl groups is 1. The van der Waals surface area contributed by atoms with Gasteiger partial charge in [-0.25, -0.2) is 4.99 Å². The van der Waals surface area contributed by atoms with E-state index in [0.29, 0.717) is 25.0 Å². The van der Waals surface area contributed by atoms with Gasteiger partial charge in [-0.15, -0.1) is 0 Å². The van der Waals surface area contributed by atoms with Crippen LogP contribution in [0.1, 0.15) is 57.4 Å². The monoisotopic (exact) mass is 294 g/mol. The predicted molar refractivity (Wildman–Crippen MR) is 82.2 cm³/mol. The molecule has 0 atom stereocenters. The van der Waals surface area contributed by atoms with E-state index < -0.39 is 5.60 Å². The third-order valence-corrected chi connectivity index (χ3v) is 3.78. The van der Waals surface area contributed by atoms with Crippen LogP contribution in [0.25, 0.3) is 0 Å². The van der Waals surface area contributed by atoms with Crippen LogP contribution in [0.2, 0.25) is 0 Å². The topological polar surface area (TPSA) is 82.7 Å². The molecule has 3 N–H and O–H groups in total. The van der Waals surface area contributed by atoms with E-state index in [1.54, 1.807) is 0 Å². The Morgan fingerprint density at radius 1 is 1.48 bits per heavy atom. The first kappa shape index (κ1) is 15.8. The number of hydrogen-bond donors (Lipinski definition) is 3. The Kier molecular flexibility index (Phi) is 5.22. The number of rotatable bonds is 6. The van der Waals surface area contributed by atoms with Crippen LogP contribution in [0.5, 0.6) is 0 Å². The maximum atomic E-state index is 10.1. The number of guanidine groups is 1. The van der Waals surface area contributed by atoms with Gasteiger partial charge in [-0.1, -0.05) is 19.0 Å². The summed E-state index contributed by atoms with van der Waals surface area (Å²) in [4.78, 5) is 4.47. The van der Waals surface area contributed by atoms with Gasteiger partial charge in [0.25, 0.3) is 0 Å². The minimum atomic E-state index is -0.562. The number of hydrogen-bond acceptors (Lipinski definition) is 4. The molecule has 1 saturated carbocycles. The molecule has 6 heteroatoms. The van der Waals surface area contributed by atoms with Crippen molar-refractivity contribution in [2.45, 2.75) is 58.1 Å². The summed E-state index contributed by atoms with van der Waals surface area (Å²) in [5.41, 5.74) is 0.384. The molecule has 6 nitrogen and oxygen atoms in total. The fourth-order valence-corrected chi connectivity index (χ4v) is 2.18. The van der Waals surface area contributed by atoms with E-state index in [1.807, 2.05) is 13.0 Å². The normalized spacial score (nSPS) is 17.7. The highest BCUT2D eigenvalue weighted by Crippen LogP contribution is 2.30. The molecular formula is C15H26N4O2. The Morgan fingerprint density at radius 3 is 2.76 bits per heavy atom. The summed E-state index contributed by atoms with van der Waals surface area (Å²) in [5, 5.41) is 20.5. The fraction of sp³-hybridized carbons (Fsp3) is 0.733. The molecule has 1 aromatic rings. The molecule has 0 radical (unpaired) electrons. The maximum absolute atomic E-state index is 10.1. The highest BCUT2D eigenvalue weighted by molar-refractivity contribution is 5.79. The highest BCUT2D eigenvalue weighted by atomic mass is 16.5. The summed E-state index contributed by atoms with van der Waals surface area (Å²) in [6.45, 7) is 7.92. The number of aromatic nitrogens is 1. The second kappa shape index (κ2) is 6.93. The molecule has 1 heterocycles. The van der Waals surface area contributed by atoms with Gasteiger partial charge < -0.3 is 20.3 Å². The Balaban J connectivity index is 1.89. The third-order valence-electron chi connectivity index (χ3n) is 3.78. The maximum Gasteiger partial charge on any atom is 0.191 e. The molecule has 0 unspecified atom stereocenters. The van der Waals surface area contributed by atoms with Gasteiger partial charge in [0.15, 0.2) is 11.7 Å². The Bertz CT molecular complexity index is 478. The molecule has 21 heavy (non-hydrogen) atoms. The van der Waals surface area contributed by atoms with E-state index in [1.165, 1.54) is 0 Å². The van der Waals surface area contributed by atoms with Crippen molar-refractivity contribution in [2.24, 2.45) is 4.99 Å². The van der Waals surface area contributed by atoms with Gasteiger partial charge >= 0.3 is 0 Å². The van der Waals surface area contributed by atoms with Gasteiger partial charge in [0.05, 0.1) is 11.3 Å². The summed E-state index contributed by atoms with van der Waals surface area (Å²) < 4.78 is 5.27. The number of nitrogens with zero attached hydrogens (tertiary/aromatic N) is 2. The van der Waals surface area contributed by atoms with Crippen LogP contribution in [0.15, 0.2) is 15.6 Å². The molecule has 0 saturated heterocycles. The summed E-state index contributed by atoms with van der Waals surface area (Å²) in [7, 11) is 0. The fourth-order valence-electron chi connectivity index (χ4n) is 2.18. The zero-order chi connectivity index (χ0) is 15.3. The van der Waals surface area contributed by atoms with E-state index >= 15 is 0 Å². The van der Waals surface area contributed by atoms with E-state index in [0.717, 1.165) is 37.3 Å². The third kappa shape index (κ3) is 4.46. The van der Waals surface area contributed by atoms with Gasteiger partial charge in [-0.3, -0.25) is 0 Å². The molecule has 1 aromatic heterocycles. The minimum Gasteiger partial charge on any atom is -0.388 e. The van der Waals surface area contributed by atoms with Crippen molar-refractivity contribution in [3.8, 4) is 0 Å². The van der Waals surface area contributed by atoms with Crippen LogP contribution in [0.4, 0.5) is 0 Å². The van der Waals surface area contributed by atoms with Gasteiger partial charge in [0, 0.05) is 19.2 Å². The molecule has 0 aliphatic heterocycles. The van der Waals surface area contributed by atoms with Crippen molar-refractivity contribution >= 4 is 5.96 Å². The molecule has 0 bridgehead atoms. The van der Waals surface area contributed by atoms with Gasteiger partial charge in [0.1, 0.15) is 6.54 Å². The quantitative estimate of drug-likeness (QED) is 0.550. The first-order valence-electron chi connectivity index (χ1n) is 7.72. The Morgan fingerprint density at radius 2 is 2.24 bits per heavy atom. The SMILES string of the molecule is CCNC(=NCc1cc(C(C)C)no1)NCC1(O)CCC1. The lowest BCUT2D eigenvalue weighted by Gasteiger charge is -2.36. The number of aliphatic imine (C=N–C) groups is 1. The summed E-state index contributed by atoms with van der Waals surface area (Å²) >= 11 is 0. The second-order valence-electron chi connectivity index (χ2n) is 6.00. The van der Waals surface area contributed by atoms with E-state index in [9.17, 15) is 5.11 Å². The predicted octanol–water partition coefficient (Wildman–Crippen LogP) is 1.77. The standard InChI is InChI=1S/C15H26N4O2/c1-4-16-14(18-10-15(20)6-5-7-15)17-9-12-8-13(11(2)3)19-21-12/h8,11,20H,4-7,9-10H2,1-3H3,(H2,16,17,18). The van der Waals surface area contributed by atoms with E-state index in [-0.39, 0.29) is 0 Å². The highest BCUT2D eigenvalue weighted by Gasteiger charge is 2.34.